The van der Waals surface area contributed by atoms with Gasteiger partial charge in [0.25, 0.3) is 5.91 Å². The number of nitrogens with one attached hydrogen (secondary N) is 2. The van der Waals surface area contributed by atoms with E-state index in [0.717, 1.165) is 28.3 Å². The van der Waals surface area contributed by atoms with E-state index < -0.39 is 0 Å². The van der Waals surface area contributed by atoms with E-state index in [2.05, 4.69) is 34.4 Å². The number of ether oxygens (including phenoxy) is 1. The van der Waals surface area contributed by atoms with Gasteiger partial charge in [0.05, 0.1) is 7.11 Å². The largest absolute Gasteiger partial charge is 0.497 e. The SMILES string of the molecule is COc1ccc(Nc2cc(C(=O)Nc3c(C)cccc3C(C)C)nc(C)n2)cc1. The summed E-state index contributed by atoms with van der Waals surface area (Å²) in [6.07, 6.45) is 0. The number of aryl methyl sites for hydroxylation is 2. The van der Waals surface area contributed by atoms with Gasteiger partial charge in [-0.2, -0.15) is 0 Å². The lowest BCUT2D eigenvalue weighted by atomic mass is 9.98. The highest BCUT2D eigenvalue weighted by Crippen LogP contribution is 2.28. The summed E-state index contributed by atoms with van der Waals surface area (Å²) in [6, 6.07) is 15.2. The molecule has 150 valence electrons. The molecular formula is C23H26N4O2. The number of benzene rings is 2. The van der Waals surface area contributed by atoms with Gasteiger partial charge in [-0.3, -0.25) is 4.79 Å². The molecular weight excluding hydrogens is 364 g/mol. The number of hydrogen-bond acceptors (Lipinski definition) is 5. The number of hydrogen-bond donors (Lipinski definition) is 2. The van der Waals surface area contributed by atoms with Gasteiger partial charge in [-0.05, 0) is 55.2 Å². The van der Waals surface area contributed by atoms with Crippen LogP contribution in [0.5, 0.6) is 5.75 Å². The van der Waals surface area contributed by atoms with Crippen LogP contribution in [-0.2, 0) is 0 Å². The molecule has 0 bridgehead atoms. The van der Waals surface area contributed by atoms with Crippen molar-refractivity contribution in [3.63, 3.8) is 0 Å². The van der Waals surface area contributed by atoms with Gasteiger partial charge in [-0.15, -0.1) is 0 Å². The number of carbonyl (C=O) groups excluding carboxylic acids is 1. The number of carbonyl (C=O) groups is 1. The minimum Gasteiger partial charge on any atom is -0.497 e. The van der Waals surface area contributed by atoms with Crippen molar-refractivity contribution in [2.24, 2.45) is 0 Å². The van der Waals surface area contributed by atoms with E-state index in [1.807, 2.05) is 49.4 Å². The molecule has 1 amide bonds. The average molecular weight is 390 g/mol. The van der Waals surface area contributed by atoms with Crippen LogP contribution in [0.4, 0.5) is 17.2 Å². The molecule has 1 heterocycles. The van der Waals surface area contributed by atoms with Crippen LogP contribution in [0.3, 0.4) is 0 Å². The second-order valence-electron chi connectivity index (χ2n) is 7.19. The maximum Gasteiger partial charge on any atom is 0.274 e. The fourth-order valence-corrected chi connectivity index (χ4v) is 3.09. The van der Waals surface area contributed by atoms with Gasteiger partial charge >= 0.3 is 0 Å². The Labute approximate surface area is 171 Å². The maximum absolute atomic E-state index is 12.9. The minimum atomic E-state index is -0.260. The molecule has 0 unspecified atom stereocenters. The third kappa shape index (κ3) is 4.90. The third-order valence-electron chi connectivity index (χ3n) is 4.60. The van der Waals surface area contributed by atoms with E-state index in [4.69, 9.17) is 4.74 Å². The lowest BCUT2D eigenvalue weighted by Gasteiger charge is -2.16. The summed E-state index contributed by atoms with van der Waals surface area (Å²) in [6.45, 7) is 7.97. The zero-order valence-electron chi connectivity index (χ0n) is 17.4. The van der Waals surface area contributed by atoms with Crippen molar-refractivity contribution in [2.75, 3.05) is 17.7 Å². The lowest BCUT2D eigenvalue weighted by Crippen LogP contribution is -2.17. The molecule has 2 N–H and O–H groups in total. The summed E-state index contributed by atoms with van der Waals surface area (Å²) in [4.78, 5) is 21.6. The molecule has 6 nitrogen and oxygen atoms in total. The van der Waals surface area contributed by atoms with Crippen molar-refractivity contribution in [2.45, 2.75) is 33.6 Å². The Balaban J connectivity index is 1.85. The normalized spacial score (nSPS) is 10.7. The Morgan fingerprint density at radius 3 is 2.41 bits per heavy atom. The smallest absolute Gasteiger partial charge is 0.274 e. The predicted octanol–water partition coefficient (Wildman–Crippen LogP) is 5.22. The van der Waals surface area contributed by atoms with Crippen molar-refractivity contribution < 1.29 is 9.53 Å². The van der Waals surface area contributed by atoms with Gasteiger partial charge < -0.3 is 15.4 Å². The molecule has 29 heavy (non-hydrogen) atoms. The zero-order chi connectivity index (χ0) is 21.0. The quantitative estimate of drug-likeness (QED) is 0.603. The van der Waals surface area contributed by atoms with Gasteiger partial charge in [0.15, 0.2) is 0 Å². The van der Waals surface area contributed by atoms with Gasteiger partial charge in [0, 0.05) is 17.4 Å². The molecule has 2 aromatic carbocycles. The van der Waals surface area contributed by atoms with Crippen molar-refractivity contribution in [1.82, 2.24) is 9.97 Å². The van der Waals surface area contributed by atoms with E-state index in [1.54, 1.807) is 20.1 Å². The van der Waals surface area contributed by atoms with Crippen LogP contribution in [0.25, 0.3) is 0 Å². The first-order chi connectivity index (χ1) is 13.9. The lowest BCUT2D eigenvalue weighted by molar-refractivity contribution is 0.102. The summed E-state index contributed by atoms with van der Waals surface area (Å²) in [5.74, 6) is 1.88. The molecule has 3 rings (SSSR count). The second kappa shape index (κ2) is 8.73. The van der Waals surface area contributed by atoms with E-state index in [9.17, 15) is 4.79 Å². The standard InChI is InChI=1S/C23H26N4O2/c1-14(2)19-8-6-7-15(3)22(19)27-23(28)20-13-21(25-16(4)24-20)26-17-9-11-18(29-5)12-10-17/h6-14H,1-5H3,(H,27,28)(H,24,25,26). The van der Waals surface area contributed by atoms with Gasteiger partial charge in [0.1, 0.15) is 23.1 Å². The summed E-state index contributed by atoms with van der Waals surface area (Å²) < 4.78 is 5.18. The Kier molecular flexibility index (Phi) is 6.12. The monoisotopic (exact) mass is 390 g/mol. The molecule has 1 aromatic heterocycles. The minimum absolute atomic E-state index is 0.260. The Morgan fingerprint density at radius 2 is 1.76 bits per heavy atom. The van der Waals surface area contributed by atoms with Gasteiger partial charge in [0.2, 0.25) is 0 Å². The average Bonchev–Trinajstić information content (AvgIpc) is 2.69. The molecule has 0 aliphatic carbocycles. The molecule has 0 spiro atoms. The van der Waals surface area contributed by atoms with E-state index in [-0.39, 0.29) is 5.91 Å². The molecule has 0 radical (unpaired) electrons. The highest BCUT2D eigenvalue weighted by Gasteiger charge is 2.16. The van der Waals surface area contributed by atoms with Crippen LogP contribution >= 0.6 is 0 Å². The number of anilines is 3. The number of rotatable bonds is 6. The molecule has 3 aromatic rings. The maximum atomic E-state index is 12.9. The van der Waals surface area contributed by atoms with Crippen LogP contribution in [-0.4, -0.2) is 23.0 Å². The number of nitrogens with zero attached hydrogens (tertiary/aromatic N) is 2. The van der Waals surface area contributed by atoms with Crippen molar-refractivity contribution in [3.05, 3.63) is 71.2 Å². The summed E-state index contributed by atoms with van der Waals surface area (Å²) >= 11 is 0. The zero-order valence-corrected chi connectivity index (χ0v) is 17.4. The van der Waals surface area contributed by atoms with Crippen LogP contribution in [0.15, 0.2) is 48.5 Å². The highest BCUT2D eigenvalue weighted by molar-refractivity contribution is 6.04. The highest BCUT2D eigenvalue weighted by atomic mass is 16.5. The van der Waals surface area contributed by atoms with E-state index in [0.29, 0.717) is 23.3 Å². The topological polar surface area (TPSA) is 76.1 Å². The number of methoxy groups -OCH3 is 1. The first-order valence-corrected chi connectivity index (χ1v) is 9.55. The van der Waals surface area contributed by atoms with E-state index in [1.165, 1.54) is 0 Å². The first kappa shape index (κ1) is 20.3. The number of para-hydroxylation sites is 1. The summed E-state index contributed by atoms with van der Waals surface area (Å²) in [5.41, 5.74) is 4.11. The molecule has 0 aliphatic rings. The van der Waals surface area contributed by atoms with Crippen molar-refractivity contribution in [1.29, 1.82) is 0 Å². The molecule has 0 atom stereocenters. The second-order valence-corrected chi connectivity index (χ2v) is 7.19. The fourth-order valence-electron chi connectivity index (χ4n) is 3.09. The Morgan fingerprint density at radius 1 is 1.03 bits per heavy atom. The molecule has 0 fully saturated rings. The van der Waals surface area contributed by atoms with Crippen LogP contribution in [0.2, 0.25) is 0 Å². The van der Waals surface area contributed by atoms with Gasteiger partial charge in [-0.1, -0.05) is 32.0 Å². The predicted molar refractivity (Wildman–Crippen MR) is 116 cm³/mol. The van der Waals surface area contributed by atoms with Crippen molar-refractivity contribution >= 4 is 23.1 Å². The fraction of sp³-hybridized carbons (Fsp3) is 0.261. The molecule has 6 heteroatoms. The molecule has 0 aliphatic heterocycles. The van der Waals surface area contributed by atoms with E-state index >= 15 is 0 Å². The number of aromatic nitrogens is 2. The first-order valence-electron chi connectivity index (χ1n) is 9.55. The third-order valence-corrected chi connectivity index (χ3v) is 4.60. The molecule has 0 saturated heterocycles. The van der Waals surface area contributed by atoms with Crippen LogP contribution in [0, 0.1) is 13.8 Å². The van der Waals surface area contributed by atoms with Crippen molar-refractivity contribution in [3.8, 4) is 5.75 Å². The summed E-state index contributed by atoms with van der Waals surface area (Å²) in [5, 5.41) is 6.25. The van der Waals surface area contributed by atoms with Crippen LogP contribution in [0.1, 0.15) is 47.2 Å². The van der Waals surface area contributed by atoms with Crippen LogP contribution < -0.4 is 15.4 Å². The number of amides is 1. The summed E-state index contributed by atoms with van der Waals surface area (Å²) in [7, 11) is 1.63. The Bertz CT molecular complexity index is 1010. The Hall–Kier alpha value is -3.41. The molecule has 0 saturated carbocycles. The van der Waals surface area contributed by atoms with Gasteiger partial charge in [-0.25, -0.2) is 9.97 Å².